The van der Waals surface area contributed by atoms with Crippen molar-refractivity contribution in [3.05, 3.63) is 40.0 Å². The first-order chi connectivity index (χ1) is 8.54. The molecule has 0 bridgehead atoms. The van der Waals surface area contributed by atoms with Crippen molar-refractivity contribution in [1.29, 1.82) is 5.26 Å². The number of nitrogens with one attached hydrogen (secondary N) is 1. The molecule has 0 aliphatic heterocycles. The summed E-state index contributed by atoms with van der Waals surface area (Å²) < 4.78 is 0.916. The van der Waals surface area contributed by atoms with E-state index in [0.717, 1.165) is 10.0 Å². The predicted molar refractivity (Wildman–Crippen MR) is 71.6 cm³/mol. The van der Waals surface area contributed by atoms with Gasteiger partial charge in [0.2, 0.25) is 0 Å². The number of halogens is 1. The Kier molecular flexibility index (Phi) is 3.08. The highest BCUT2D eigenvalue weighted by molar-refractivity contribution is 9.10. The van der Waals surface area contributed by atoms with Crippen LogP contribution in [-0.2, 0) is 0 Å². The second-order valence-corrected chi connectivity index (χ2v) is 4.56. The van der Waals surface area contributed by atoms with Crippen LogP contribution in [0.2, 0.25) is 0 Å². The first kappa shape index (κ1) is 12.2. The molecule has 0 spiro atoms. The molecule has 6 heteroatoms. The third-order valence-electron chi connectivity index (χ3n) is 2.53. The van der Waals surface area contributed by atoms with E-state index in [1.54, 1.807) is 12.1 Å². The second-order valence-electron chi connectivity index (χ2n) is 3.65. The molecule has 1 aromatic carbocycles. The summed E-state index contributed by atoms with van der Waals surface area (Å²) in [6.45, 7) is 0. The molecule has 18 heavy (non-hydrogen) atoms. The number of aromatic nitrogens is 1. The number of benzene rings is 1. The molecule has 5 nitrogen and oxygen atoms in total. The summed E-state index contributed by atoms with van der Waals surface area (Å²) in [4.78, 5) is 14.0. The topological polar surface area (TPSA) is 109 Å². The minimum Gasteiger partial charge on any atom is -0.396 e. The van der Waals surface area contributed by atoms with Gasteiger partial charge in [-0.05, 0) is 17.7 Å². The summed E-state index contributed by atoms with van der Waals surface area (Å²) in [7, 11) is 0. The lowest BCUT2D eigenvalue weighted by molar-refractivity contribution is 0.0997. The fourth-order valence-corrected chi connectivity index (χ4v) is 1.92. The van der Waals surface area contributed by atoms with Gasteiger partial charge >= 0.3 is 0 Å². The molecule has 1 aromatic heterocycles. The standard InChI is InChI=1S/C12H9BrN4O/c13-7-3-1-6(2-4-7)10-8(5-14)9(15)11(17-10)12(16)18/h1-4,17H,15H2,(H2,16,18). The number of nitrogens with zero attached hydrogens (tertiary/aromatic N) is 1. The maximum absolute atomic E-state index is 11.2. The van der Waals surface area contributed by atoms with Crippen LogP contribution in [0, 0.1) is 11.3 Å². The molecule has 5 N–H and O–H groups in total. The molecule has 0 radical (unpaired) electrons. The Morgan fingerprint density at radius 1 is 1.33 bits per heavy atom. The summed E-state index contributed by atoms with van der Waals surface area (Å²) in [5.41, 5.74) is 12.5. The van der Waals surface area contributed by atoms with E-state index in [1.807, 2.05) is 18.2 Å². The molecule has 0 aliphatic carbocycles. The summed E-state index contributed by atoms with van der Waals surface area (Å²) in [6, 6.07) is 9.25. The summed E-state index contributed by atoms with van der Waals surface area (Å²) in [5, 5.41) is 9.10. The van der Waals surface area contributed by atoms with Gasteiger partial charge < -0.3 is 16.5 Å². The molecule has 0 aliphatic rings. The lowest BCUT2D eigenvalue weighted by Gasteiger charge is -1.99. The molecule has 90 valence electrons. The highest BCUT2D eigenvalue weighted by Gasteiger charge is 2.19. The smallest absolute Gasteiger partial charge is 0.267 e. The van der Waals surface area contributed by atoms with Crippen LogP contribution in [0.3, 0.4) is 0 Å². The van der Waals surface area contributed by atoms with E-state index in [2.05, 4.69) is 20.9 Å². The van der Waals surface area contributed by atoms with Gasteiger partial charge in [-0.2, -0.15) is 5.26 Å². The first-order valence-corrected chi connectivity index (χ1v) is 5.81. The summed E-state index contributed by atoms with van der Waals surface area (Å²) in [6.07, 6.45) is 0. The molecule has 2 aromatic rings. The number of rotatable bonds is 2. The number of primary amides is 1. The van der Waals surface area contributed by atoms with Crippen molar-refractivity contribution < 1.29 is 4.79 Å². The quantitative estimate of drug-likeness (QED) is 0.789. The van der Waals surface area contributed by atoms with E-state index in [4.69, 9.17) is 16.7 Å². The number of nitrogen functional groups attached to an aromatic ring is 1. The fraction of sp³-hybridized carbons (Fsp3) is 0. The van der Waals surface area contributed by atoms with Gasteiger partial charge in [-0.15, -0.1) is 0 Å². The number of anilines is 1. The van der Waals surface area contributed by atoms with Crippen LogP contribution in [-0.4, -0.2) is 10.9 Å². The van der Waals surface area contributed by atoms with Gasteiger partial charge in [-0.25, -0.2) is 0 Å². The Hall–Kier alpha value is -2.26. The fourth-order valence-electron chi connectivity index (χ4n) is 1.66. The number of aromatic amines is 1. The molecule has 1 heterocycles. The maximum atomic E-state index is 11.2. The normalized spacial score (nSPS) is 10.0. The van der Waals surface area contributed by atoms with Crippen LogP contribution in [0.25, 0.3) is 11.3 Å². The van der Waals surface area contributed by atoms with Gasteiger partial charge in [0.1, 0.15) is 17.3 Å². The molecule has 0 unspecified atom stereocenters. The van der Waals surface area contributed by atoms with Crippen LogP contribution in [0.4, 0.5) is 5.69 Å². The molecule has 0 saturated carbocycles. The number of nitriles is 1. The van der Waals surface area contributed by atoms with Gasteiger partial charge in [-0.3, -0.25) is 4.79 Å². The number of hydrogen-bond donors (Lipinski definition) is 3. The number of nitrogens with two attached hydrogens (primary N) is 2. The van der Waals surface area contributed by atoms with Crippen molar-refractivity contribution in [3.63, 3.8) is 0 Å². The Morgan fingerprint density at radius 3 is 2.44 bits per heavy atom. The molecule has 0 saturated heterocycles. The van der Waals surface area contributed by atoms with Crippen LogP contribution < -0.4 is 11.5 Å². The summed E-state index contributed by atoms with van der Waals surface area (Å²) in [5.74, 6) is -0.688. The zero-order valence-electron chi connectivity index (χ0n) is 9.20. The monoisotopic (exact) mass is 304 g/mol. The average Bonchev–Trinajstić information content (AvgIpc) is 2.67. The molecule has 0 atom stereocenters. The Balaban J connectivity index is 2.65. The van der Waals surface area contributed by atoms with Crippen molar-refractivity contribution >= 4 is 27.5 Å². The molecular formula is C12H9BrN4O. The van der Waals surface area contributed by atoms with Gasteiger partial charge in [-0.1, -0.05) is 28.1 Å². The highest BCUT2D eigenvalue weighted by Crippen LogP contribution is 2.30. The predicted octanol–water partition coefficient (Wildman–Crippen LogP) is 2.00. The third kappa shape index (κ3) is 1.96. The van der Waals surface area contributed by atoms with Crippen molar-refractivity contribution in [2.24, 2.45) is 5.73 Å². The zero-order valence-corrected chi connectivity index (χ0v) is 10.8. The number of hydrogen-bond acceptors (Lipinski definition) is 3. The molecule has 1 amide bonds. The van der Waals surface area contributed by atoms with Crippen LogP contribution >= 0.6 is 15.9 Å². The van der Waals surface area contributed by atoms with E-state index in [9.17, 15) is 4.79 Å². The van der Waals surface area contributed by atoms with Gasteiger partial charge in [0.25, 0.3) is 5.91 Å². The largest absolute Gasteiger partial charge is 0.396 e. The van der Waals surface area contributed by atoms with Gasteiger partial charge in [0.05, 0.1) is 11.4 Å². The van der Waals surface area contributed by atoms with E-state index >= 15 is 0 Å². The van der Waals surface area contributed by atoms with Gasteiger partial charge in [0.15, 0.2) is 0 Å². The van der Waals surface area contributed by atoms with E-state index in [1.165, 1.54) is 0 Å². The molecular weight excluding hydrogens is 296 g/mol. The van der Waals surface area contributed by atoms with E-state index in [0.29, 0.717) is 5.69 Å². The van der Waals surface area contributed by atoms with Crippen molar-refractivity contribution in [2.45, 2.75) is 0 Å². The summed E-state index contributed by atoms with van der Waals surface area (Å²) >= 11 is 3.32. The Labute approximate surface area is 112 Å². The number of amides is 1. The lowest BCUT2D eigenvalue weighted by atomic mass is 10.1. The number of carbonyl (C=O) groups is 1. The zero-order chi connectivity index (χ0) is 13.3. The Bertz CT molecular complexity index is 652. The second kappa shape index (κ2) is 4.55. The number of carbonyl (C=O) groups excluding carboxylic acids is 1. The van der Waals surface area contributed by atoms with E-state index in [-0.39, 0.29) is 16.9 Å². The van der Waals surface area contributed by atoms with Crippen LogP contribution in [0.15, 0.2) is 28.7 Å². The molecule has 2 rings (SSSR count). The van der Waals surface area contributed by atoms with Crippen molar-refractivity contribution in [1.82, 2.24) is 4.98 Å². The van der Waals surface area contributed by atoms with Crippen molar-refractivity contribution in [3.8, 4) is 17.3 Å². The lowest BCUT2D eigenvalue weighted by Crippen LogP contribution is -2.13. The minimum atomic E-state index is -0.688. The first-order valence-electron chi connectivity index (χ1n) is 5.02. The van der Waals surface area contributed by atoms with Gasteiger partial charge in [0, 0.05) is 4.47 Å². The van der Waals surface area contributed by atoms with Crippen LogP contribution in [0.1, 0.15) is 16.1 Å². The minimum absolute atomic E-state index is 0.0597. The maximum Gasteiger partial charge on any atom is 0.267 e. The van der Waals surface area contributed by atoms with Crippen molar-refractivity contribution in [2.75, 3.05) is 5.73 Å². The average molecular weight is 305 g/mol. The highest BCUT2D eigenvalue weighted by atomic mass is 79.9. The Morgan fingerprint density at radius 2 is 1.94 bits per heavy atom. The SMILES string of the molecule is N#Cc1c(-c2ccc(Br)cc2)[nH]c(C(N)=O)c1N. The third-order valence-corrected chi connectivity index (χ3v) is 3.06. The number of H-pyrrole nitrogens is 1. The van der Waals surface area contributed by atoms with Crippen LogP contribution in [0.5, 0.6) is 0 Å². The molecule has 0 fully saturated rings. The van der Waals surface area contributed by atoms with E-state index < -0.39 is 5.91 Å².